The highest BCUT2D eigenvalue weighted by atomic mass is 79.9. The van der Waals surface area contributed by atoms with E-state index in [0.29, 0.717) is 6.61 Å². The van der Waals surface area contributed by atoms with Crippen molar-refractivity contribution in [1.29, 1.82) is 0 Å². The number of pyridine rings is 1. The fourth-order valence-electron chi connectivity index (χ4n) is 1.70. The number of nitrogens with zero attached hydrogens (tertiary/aromatic N) is 1. The lowest BCUT2D eigenvalue weighted by Gasteiger charge is -2.15. The van der Waals surface area contributed by atoms with Crippen LogP contribution in [0.25, 0.3) is 0 Å². The molecule has 0 aliphatic rings. The summed E-state index contributed by atoms with van der Waals surface area (Å²) in [6, 6.07) is 3.91. The first-order valence-corrected chi connectivity index (χ1v) is 7.19. The number of hydrogen-bond acceptors (Lipinski definition) is 5. The Balaban J connectivity index is 2.29. The SMILES string of the molecule is CCOc1cncc(C(NN)c2csc(Br)c2)c1. The number of nitrogens with one attached hydrogen (secondary N) is 1. The molecule has 0 saturated carbocycles. The number of halogens is 1. The van der Waals surface area contributed by atoms with Crippen LogP contribution in [-0.2, 0) is 0 Å². The van der Waals surface area contributed by atoms with Crippen molar-refractivity contribution in [2.75, 3.05) is 6.61 Å². The Morgan fingerprint density at radius 3 is 2.89 bits per heavy atom. The molecule has 0 aliphatic carbocycles. The summed E-state index contributed by atoms with van der Waals surface area (Å²) in [4.78, 5) is 4.18. The van der Waals surface area contributed by atoms with Crippen molar-refractivity contribution < 1.29 is 4.74 Å². The Bertz CT molecular complexity index is 518. The Kier molecular flexibility index (Phi) is 4.71. The molecule has 0 aliphatic heterocycles. The van der Waals surface area contributed by atoms with Gasteiger partial charge in [-0.2, -0.15) is 0 Å². The van der Waals surface area contributed by atoms with Crippen molar-refractivity contribution >= 4 is 27.3 Å². The van der Waals surface area contributed by atoms with Crippen molar-refractivity contribution in [2.45, 2.75) is 13.0 Å². The van der Waals surface area contributed by atoms with Crippen LogP contribution in [0.5, 0.6) is 5.75 Å². The number of rotatable bonds is 5. The molecule has 0 spiro atoms. The van der Waals surface area contributed by atoms with E-state index in [1.54, 1.807) is 23.7 Å². The summed E-state index contributed by atoms with van der Waals surface area (Å²) in [6.45, 7) is 2.57. The normalized spacial score (nSPS) is 12.4. The van der Waals surface area contributed by atoms with Crippen LogP contribution in [0.3, 0.4) is 0 Å². The second kappa shape index (κ2) is 6.29. The van der Waals surface area contributed by atoms with E-state index in [1.165, 1.54) is 0 Å². The highest BCUT2D eigenvalue weighted by Gasteiger charge is 2.15. The van der Waals surface area contributed by atoms with Crippen molar-refractivity contribution in [3.63, 3.8) is 0 Å². The van der Waals surface area contributed by atoms with Crippen LogP contribution in [0, 0.1) is 0 Å². The van der Waals surface area contributed by atoms with Crippen molar-refractivity contribution in [3.8, 4) is 5.75 Å². The van der Waals surface area contributed by atoms with E-state index in [-0.39, 0.29) is 6.04 Å². The first kappa shape index (κ1) is 13.5. The lowest BCUT2D eigenvalue weighted by Crippen LogP contribution is -2.28. The Hall–Kier alpha value is -0.950. The summed E-state index contributed by atoms with van der Waals surface area (Å²) < 4.78 is 6.52. The largest absolute Gasteiger partial charge is 0.492 e. The van der Waals surface area contributed by atoms with Gasteiger partial charge in [0.1, 0.15) is 5.75 Å². The van der Waals surface area contributed by atoms with Crippen LogP contribution in [0.4, 0.5) is 0 Å². The second-order valence-electron chi connectivity index (χ2n) is 3.67. The molecule has 0 bridgehead atoms. The third kappa shape index (κ3) is 3.08. The van der Waals surface area contributed by atoms with Crippen LogP contribution in [-0.4, -0.2) is 11.6 Å². The average Bonchev–Trinajstić information content (AvgIpc) is 2.78. The number of hydrogen-bond donors (Lipinski definition) is 2. The van der Waals surface area contributed by atoms with Gasteiger partial charge < -0.3 is 4.74 Å². The molecule has 0 saturated heterocycles. The Morgan fingerprint density at radius 1 is 1.44 bits per heavy atom. The first-order chi connectivity index (χ1) is 8.74. The van der Waals surface area contributed by atoms with Gasteiger partial charge in [0.25, 0.3) is 0 Å². The van der Waals surface area contributed by atoms with Gasteiger partial charge in [0, 0.05) is 6.20 Å². The lowest BCUT2D eigenvalue weighted by molar-refractivity contribution is 0.338. The van der Waals surface area contributed by atoms with Crippen LogP contribution in [0.2, 0.25) is 0 Å². The minimum atomic E-state index is -0.0829. The predicted molar refractivity (Wildman–Crippen MR) is 76.6 cm³/mol. The number of thiophene rings is 1. The van der Waals surface area contributed by atoms with Crippen LogP contribution in [0.15, 0.2) is 33.7 Å². The third-order valence-corrected chi connectivity index (χ3v) is 3.99. The van der Waals surface area contributed by atoms with Crippen LogP contribution in [0.1, 0.15) is 24.1 Å². The number of nitrogens with two attached hydrogens (primary N) is 1. The van der Waals surface area contributed by atoms with E-state index in [9.17, 15) is 0 Å². The Labute approximate surface area is 118 Å². The molecule has 18 heavy (non-hydrogen) atoms. The molecule has 2 heterocycles. The zero-order chi connectivity index (χ0) is 13.0. The van der Waals surface area contributed by atoms with E-state index in [4.69, 9.17) is 10.6 Å². The molecule has 0 radical (unpaired) electrons. The van der Waals surface area contributed by atoms with Crippen LogP contribution < -0.4 is 16.0 Å². The van der Waals surface area contributed by atoms with Gasteiger partial charge in [0.05, 0.1) is 22.6 Å². The summed E-state index contributed by atoms with van der Waals surface area (Å²) in [7, 11) is 0. The quantitative estimate of drug-likeness (QED) is 0.654. The molecule has 3 N–H and O–H groups in total. The zero-order valence-corrected chi connectivity index (χ0v) is 12.3. The number of ether oxygens (including phenoxy) is 1. The fraction of sp³-hybridized carbons (Fsp3) is 0.250. The highest BCUT2D eigenvalue weighted by Crippen LogP contribution is 2.29. The van der Waals surface area contributed by atoms with Crippen LogP contribution >= 0.6 is 27.3 Å². The molecule has 0 aromatic carbocycles. The van der Waals surface area contributed by atoms with Gasteiger partial charge in [-0.25, -0.2) is 5.43 Å². The lowest BCUT2D eigenvalue weighted by atomic mass is 10.0. The molecule has 2 aromatic rings. The monoisotopic (exact) mass is 327 g/mol. The van der Waals surface area contributed by atoms with Crippen molar-refractivity contribution in [3.05, 3.63) is 44.8 Å². The molecule has 0 fully saturated rings. The first-order valence-electron chi connectivity index (χ1n) is 5.52. The van der Waals surface area contributed by atoms with E-state index in [1.807, 2.05) is 19.1 Å². The summed E-state index contributed by atoms with van der Waals surface area (Å²) in [5.74, 6) is 6.40. The molecular weight excluding hydrogens is 314 g/mol. The molecule has 1 atom stereocenters. The standard InChI is InChI=1S/C12H14BrN3OS/c1-2-17-10-3-8(5-15-6-10)12(16-14)9-4-11(13)18-7-9/h3-7,12,16H,2,14H2,1H3. The maximum absolute atomic E-state index is 5.64. The smallest absolute Gasteiger partial charge is 0.137 e. The van der Waals surface area contributed by atoms with E-state index < -0.39 is 0 Å². The molecule has 6 heteroatoms. The minimum Gasteiger partial charge on any atom is -0.492 e. The highest BCUT2D eigenvalue weighted by molar-refractivity contribution is 9.11. The van der Waals surface area contributed by atoms with Gasteiger partial charge in [-0.1, -0.05) is 0 Å². The van der Waals surface area contributed by atoms with E-state index in [0.717, 1.165) is 20.7 Å². The van der Waals surface area contributed by atoms with Gasteiger partial charge in [0.15, 0.2) is 0 Å². The fourth-order valence-corrected chi connectivity index (χ4v) is 2.90. The molecular formula is C12H14BrN3OS. The topological polar surface area (TPSA) is 60.2 Å². The molecule has 2 rings (SSSR count). The molecule has 1 unspecified atom stereocenters. The minimum absolute atomic E-state index is 0.0829. The molecule has 96 valence electrons. The zero-order valence-electron chi connectivity index (χ0n) is 9.89. The van der Waals surface area contributed by atoms with Gasteiger partial charge in [-0.05, 0) is 51.5 Å². The van der Waals surface area contributed by atoms with Gasteiger partial charge in [0.2, 0.25) is 0 Å². The van der Waals surface area contributed by atoms with Crippen molar-refractivity contribution in [2.24, 2.45) is 5.84 Å². The summed E-state index contributed by atoms with van der Waals surface area (Å²) >= 11 is 5.08. The van der Waals surface area contributed by atoms with E-state index in [2.05, 4.69) is 31.7 Å². The maximum Gasteiger partial charge on any atom is 0.137 e. The molecule has 2 aromatic heterocycles. The number of hydrazine groups is 1. The number of aromatic nitrogens is 1. The molecule has 0 amide bonds. The van der Waals surface area contributed by atoms with E-state index >= 15 is 0 Å². The predicted octanol–water partition coefficient (Wildman–Crippen LogP) is 2.86. The molecule has 4 nitrogen and oxygen atoms in total. The Morgan fingerprint density at radius 2 is 2.28 bits per heavy atom. The summed E-state index contributed by atoms with van der Waals surface area (Å²) in [5.41, 5.74) is 4.89. The van der Waals surface area contributed by atoms with Gasteiger partial charge >= 0.3 is 0 Å². The van der Waals surface area contributed by atoms with Crippen molar-refractivity contribution in [1.82, 2.24) is 10.4 Å². The van der Waals surface area contributed by atoms with Gasteiger partial charge in [-0.15, -0.1) is 11.3 Å². The maximum atomic E-state index is 5.64. The second-order valence-corrected chi connectivity index (χ2v) is 5.96. The van der Waals surface area contributed by atoms with Gasteiger partial charge in [-0.3, -0.25) is 10.8 Å². The summed E-state index contributed by atoms with van der Waals surface area (Å²) in [5, 5.41) is 2.06. The summed E-state index contributed by atoms with van der Waals surface area (Å²) in [6.07, 6.45) is 3.49. The average molecular weight is 328 g/mol. The third-order valence-electron chi connectivity index (χ3n) is 2.47.